The largest absolute Gasteiger partial charge is 0.344 e. The number of hydrogen-bond acceptors (Lipinski definition) is 5. The van der Waals surface area contributed by atoms with Gasteiger partial charge in [0.25, 0.3) is 15.9 Å². The van der Waals surface area contributed by atoms with Crippen LogP contribution in [0.25, 0.3) is 0 Å². The third-order valence-electron chi connectivity index (χ3n) is 3.81. The third kappa shape index (κ3) is 4.46. The summed E-state index contributed by atoms with van der Waals surface area (Å²) in [6.07, 6.45) is 0. The van der Waals surface area contributed by atoms with Gasteiger partial charge in [-0.05, 0) is 41.6 Å². The third-order valence-corrected chi connectivity index (χ3v) is 6.46. The lowest BCUT2D eigenvalue weighted by Gasteiger charge is -2.21. The Morgan fingerprint density at radius 1 is 1.20 bits per heavy atom. The standard InChI is InChI=1S/C17H22N2O4S2/c1-12(2)16(15-6-5-11-24-15)18-17(20)13-7-9-14(10-8-13)25(21,22)19(3)23-4/h5-12,16H,1-4H3,(H,18,20)/t16-/m1/s1. The number of carbonyl (C=O) groups is 1. The predicted molar refractivity (Wildman–Crippen MR) is 97.8 cm³/mol. The Morgan fingerprint density at radius 2 is 1.84 bits per heavy atom. The van der Waals surface area contributed by atoms with E-state index in [0.29, 0.717) is 5.56 Å². The van der Waals surface area contributed by atoms with Crippen LogP contribution in [0.5, 0.6) is 0 Å². The van der Waals surface area contributed by atoms with Crippen LogP contribution in [0.15, 0.2) is 46.7 Å². The lowest BCUT2D eigenvalue weighted by atomic mass is 10.0. The molecule has 0 saturated carbocycles. The average Bonchev–Trinajstić information content (AvgIpc) is 3.12. The molecule has 0 fully saturated rings. The molecule has 6 nitrogen and oxygen atoms in total. The summed E-state index contributed by atoms with van der Waals surface area (Å²) < 4.78 is 25.1. The van der Waals surface area contributed by atoms with E-state index >= 15 is 0 Å². The van der Waals surface area contributed by atoms with E-state index < -0.39 is 10.0 Å². The number of hydroxylamine groups is 1. The molecule has 0 bridgehead atoms. The van der Waals surface area contributed by atoms with E-state index in [-0.39, 0.29) is 22.8 Å². The smallest absolute Gasteiger partial charge is 0.264 e. The van der Waals surface area contributed by atoms with Gasteiger partial charge in [0.2, 0.25) is 0 Å². The summed E-state index contributed by atoms with van der Waals surface area (Å²) in [4.78, 5) is 18.4. The van der Waals surface area contributed by atoms with Crippen molar-refractivity contribution in [1.29, 1.82) is 0 Å². The monoisotopic (exact) mass is 382 g/mol. The highest BCUT2D eigenvalue weighted by Gasteiger charge is 2.23. The fraction of sp³-hybridized carbons (Fsp3) is 0.353. The zero-order valence-electron chi connectivity index (χ0n) is 14.6. The molecule has 0 aliphatic carbocycles. The Kier molecular flexibility index (Phi) is 6.34. The fourth-order valence-electron chi connectivity index (χ4n) is 2.28. The van der Waals surface area contributed by atoms with Crippen molar-refractivity contribution in [2.24, 2.45) is 5.92 Å². The fourth-order valence-corrected chi connectivity index (χ4v) is 4.21. The molecule has 1 heterocycles. The number of nitrogens with zero attached hydrogens (tertiary/aromatic N) is 1. The SMILES string of the molecule is CON(C)S(=O)(=O)c1ccc(C(=O)N[C@@H](c2cccs2)C(C)C)cc1. The second-order valence-electron chi connectivity index (χ2n) is 5.83. The summed E-state index contributed by atoms with van der Waals surface area (Å²) in [6, 6.07) is 9.65. The molecule has 136 valence electrons. The summed E-state index contributed by atoms with van der Waals surface area (Å²) >= 11 is 1.59. The van der Waals surface area contributed by atoms with Crippen LogP contribution in [0.1, 0.15) is 35.1 Å². The first-order valence-corrected chi connectivity index (χ1v) is 10.1. The van der Waals surface area contributed by atoms with Crippen molar-refractivity contribution >= 4 is 27.3 Å². The maximum absolute atomic E-state index is 12.5. The summed E-state index contributed by atoms with van der Waals surface area (Å²) in [5, 5.41) is 4.99. The van der Waals surface area contributed by atoms with E-state index in [9.17, 15) is 13.2 Å². The van der Waals surface area contributed by atoms with Gasteiger partial charge in [-0.3, -0.25) is 9.63 Å². The molecule has 0 unspecified atom stereocenters. The second kappa shape index (κ2) is 8.09. The van der Waals surface area contributed by atoms with Gasteiger partial charge in [0.05, 0.1) is 18.0 Å². The molecule has 1 N–H and O–H groups in total. The lowest BCUT2D eigenvalue weighted by Crippen LogP contribution is -2.31. The number of benzene rings is 1. The molecule has 2 aromatic rings. The van der Waals surface area contributed by atoms with E-state index in [1.807, 2.05) is 31.4 Å². The number of carbonyl (C=O) groups excluding carboxylic acids is 1. The van der Waals surface area contributed by atoms with Crippen LogP contribution in [0, 0.1) is 5.92 Å². The molecule has 25 heavy (non-hydrogen) atoms. The maximum atomic E-state index is 12.5. The molecule has 1 aromatic carbocycles. The molecular weight excluding hydrogens is 360 g/mol. The molecule has 0 aliphatic rings. The number of rotatable bonds is 7. The second-order valence-corrected chi connectivity index (χ2v) is 8.75. The van der Waals surface area contributed by atoms with Gasteiger partial charge >= 0.3 is 0 Å². The van der Waals surface area contributed by atoms with Crippen molar-refractivity contribution in [1.82, 2.24) is 9.79 Å². The van der Waals surface area contributed by atoms with E-state index in [1.54, 1.807) is 11.3 Å². The molecule has 0 aliphatic heterocycles. The summed E-state index contributed by atoms with van der Waals surface area (Å²) in [5.41, 5.74) is 0.404. The Bertz CT molecular complexity index is 800. The van der Waals surface area contributed by atoms with Gasteiger partial charge in [0.1, 0.15) is 0 Å². The summed E-state index contributed by atoms with van der Waals surface area (Å²) in [6.45, 7) is 4.09. The normalized spacial score (nSPS) is 13.2. The van der Waals surface area contributed by atoms with Crippen LogP contribution >= 0.6 is 11.3 Å². The van der Waals surface area contributed by atoms with Crippen LogP contribution in [-0.4, -0.2) is 33.0 Å². The minimum absolute atomic E-state index is 0.0621. The quantitative estimate of drug-likeness (QED) is 0.747. The van der Waals surface area contributed by atoms with Gasteiger partial charge in [-0.1, -0.05) is 24.4 Å². The number of nitrogens with one attached hydrogen (secondary N) is 1. The van der Waals surface area contributed by atoms with Crippen molar-refractivity contribution < 1.29 is 18.0 Å². The van der Waals surface area contributed by atoms with Gasteiger partial charge in [-0.2, -0.15) is 0 Å². The highest BCUT2D eigenvalue weighted by molar-refractivity contribution is 7.89. The molecule has 0 radical (unpaired) electrons. The summed E-state index contributed by atoms with van der Waals surface area (Å²) in [5.74, 6) is -0.00579. The predicted octanol–water partition coefficient (Wildman–Crippen LogP) is 3.06. The Balaban J connectivity index is 2.18. The van der Waals surface area contributed by atoms with Crippen LogP contribution < -0.4 is 5.32 Å². The zero-order chi connectivity index (χ0) is 18.6. The van der Waals surface area contributed by atoms with Crippen molar-refractivity contribution in [3.63, 3.8) is 0 Å². The first-order valence-electron chi connectivity index (χ1n) is 7.74. The van der Waals surface area contributed by atoms with Gasteiger partial charge in [0.15, 0.2) is 0 Å². The zero-order valence-corrected chi connectivity index (χ0v) is 16.2. The van der Waals surface area contributed by atoms with Crippen molar-refractivity contribution in [3.05, 3.63) is 52.2 Å². The minimum atomic E-state index is -3.72. The minimum Gasteiger partial charge on any atom is -0.344 e. The first-order chi connectivity index (χ1) is 11.8. The molecule has 8 heteroatoms. The maximum Gasteiger partial charge on any atom is 0.264 e. The molecule has 0 saturated heterocycles. The molecule has 1 atom stereocenters. The van der Waals surface area contributed by atoms with E-state index in [0.717, 1.165) is 9.35 Å². The van der Waals surface area contributed by atoms with Gasteiger partial charge < -0.3 is 5.32 Å². The van der Waals surface area contributed by atoms with E-state index in [1.165, 1.54) is 38.4 Å². The summed E-state index contributed by atoms with van der Waals surface area (Å²) in [7, 11) is -1.14. The Labute approximate surface area is 152 Å². The Hall–Kier alpha value is -1.74. The van der Waals surface area contributed by atoms with Crippen molar-refractivity contribution in [3.8, 4) is 0 Å². The number of amides is 1. The molecule has 1 amide bonds. The molecular formula is C17H22N2O4S2. The Morgan fingerprint density at radius 3 is 2.32 bits per heavy atom. The van der Waals surface area contributed by atoms with Gasteiger partial charge in [0, 0.05) is 17.5 Å². The van der Waals surface area contributed by atoms with Crippen molar-refractivity contribution in [2.75, 3.05) is 14.2 Å². The lowest BCUT2D eigenvalue weighted by molar-refractivity contribution is -0.0258. The van der Waals surface area contributed by atoms with Crippen molar-refractivity contribution in [2.45, 2.75) is 24.8 Å². The molecule has 2 rings (SSSR count). The molecule has 0 spiro atoms. The van der Waals surface area contributed by atoms with Crippen LogP contribution in [0.2, 0.25) is 0 Å². The first kappa shape index (κ1) is 19.6. The highest BCUT2D eigenvalue weighted by atomic mass is 32.2. The molecule has 1 aromatic heterocycles. The van der Waals surface area contributed by atoms with Gasteiger partial charge in [-0.15, -0.1) is 11.3 Å². The van der Waals surface area contributed by atoms with Crippen LogP contribution in [0.3, 0.4) is 0 Å². The number of thiophene rings is 1. The van der Waals surface area contributed by atoms with E-state index in [4.69, 9.17) is 4.84 Å². The highest BCUT2D eigenvalue weighted by Crippen LogP contribution is 2.26. The topological polar surface area (TPSA) is 75.7 Å². The average molecular weight is 383 g/mol. The van der Waals surface area contributed by atoms with Crippen LogP contribution in [0.4, 0.5) is 0 Å². The van der Waals surface area contributed by atoms with Gasteiger partial charge in [-0.25, -0.2) is 8.42 Å². The number of sulfonamides is 1. The number of hydrogen-bond donors (Lipinski definition) is 1. The van der Waals surface area contributed by atoms with E-state index in [2.05, 4.69) is 5.32 Å². The van der Waals surface area contributed by atoms with Crippen LogP contribution in [-0.2, 0) is 14.9 Å².